The van der Waals surface area contributed by atoms with Crippen molar-refractivity contribution in [2.75, 3.05) is 6.79 Å². The van der Waals surface area contributed by atoms with Crippen LogP contribution in [0, 0.1) is 10.1 Å². The highest BCUT2D eigenvalue weighted by Crippen LogP contribution is 2.27. The van der Waals surface area contributed by atoms with Crippen LogP contribution in [0.15, 0.2) is 30.2 Å². The predicted molar refractivity (Wildman–Crippen MR) is 60.6 cm³/mol. The highest BCUT2D eigenvalue weighted by molar-refractivity contribution is 5.62. The average molecular weight is 267 g/mol. The lowest BCUT2D eigenvalue weighted by atomic mass is 10.1. The molecule has 8 nitrogen and oxygen atoms in total. The van der Waals surface area contributed by atoms with E-state index in [2.05, 4.69) is 4.74 Å². The van der Waals surface area contributed by atoms with E-state index in [0.717, 1.165) is 0 Å². The summed E-state index contributed by atoms with van der Waals surface area (Å²) in [4.78, 5) is 20.7. The lowest BCUT2D eigenvalue weighted by molar-refractivity contribution is -0.384. The fraction of sp³-hybridized carbons (Fsp3) is 0.182. The van der Waals surface area contributed by atoms with E-state index in [0.29, 0.717) is 11.3 Å². The topological polar surface area (TPSA) is 108 Å². The number of nitro benzene ring substituents is 1. The highest BCUT2D eigenvalue weighted by atomic mass is 16.7. The van der Waals surface area contributed by atoms with Crippen LogP contribution in [0.25, 0.3) is 0 Å². The van der Waals surface area contributed by atoms with Crippen LogP contribution in [-0.4, -0.2) is 23.0 Å². The lowest BCUT2D eigenvalue weighted by Crippen LogP contribution is -2.06. The summed E-state index contributed by atoms with van der Waals surface area (Å²) in [5, 5.41) is 19.3. The number of benzene rings is 1. The third-order valence-corrected chi connectivity index (χ3v) is 2.34. The Bertz CT molecular complexity index is 552. The Balaban J connectivity index is 2.31. The molecule has 100 valence electrons. The minimum atomic E-state index is -1.49. The van der Waals surface area contributed by atoms with Gasteiger partial charge in [-0.25, -0.2) is 4.79 Å². The normalized spacial score (nSPS) is 13.2. The molecule has 1 aromatic carbocycles. The molecule has 0 bridgehead atoms. The van der Waals surface area contributed by atoms with Gasteiger partial charge in [-0.3, -0.25) is 10.1 Å². The molecule has 0 unspecified atom stereocenters. The number of hydrogen-bond acceptors (Lipinski definition) is 6. The minimum absolute atomic E-state index is 0.0227. The van der Waals surface area contributed by atoms with Crippen molar-refractivity contribution in [1.82, 2.24) is 0 Å². The van der Waals surface area contributed by atoms with Crippen LogP contribution in [0.4, 0.5) is 10.5 Å². The maximum absolute atomic E-state index is 10.7. The second-order valence-corrected chi connectivity index (χ2v) is 3.61. The molecule has 1 N–H and O–H groups in total. The quantitative estimate of drug-likeness (QED) is 0.384. The van der Waals surface area contributed by atoms with Gasteiger partial charge in [0.15, 0.2) is 0 Å². The first-order chi connectivity index (χ1) is 9.06. The van der Waals surface area contributed by atoms with E-state index in [1.165, 1.54) is 24.5 Å². The summed E-state index contributed by atoms with van der Waals surface area (Å²) < 4.78 is 14.5. The molecule has 8 heteroatoms. The Labute approximate surface area is 107 Å². The number of hydrogen-bond donors (Lipinski definition) is 1. The number of nitrogens with zero attached hydrogens (tertiary/aromatic N) is 1. The number of rotatable bonds is 4. The van der Waals surface area contributed by atoms with E-state index in [1.54, 1.807) is 0 Å². The fourth-order valence-electron chi connectivity index (χ4n) is 1.56. The summed E-state index contributed by atoms with van der Waals surface area (Å²) in [6, 6.07) is 3.64. The van der Waals surface area contributed by atoms with E-state index < -0.39 is 11.1 Å². The van der Waals surface area contributed by atoms with Crippen molar-refractivity contribution >= 4 is 11.8 Å². The molecular weight excluding hydrogens is 258 g/mol. The van der Waals surface area contributed by atoms with Gasteiger partial charge in [-0.1, -0.05) is 0 Å². The molecule has 1 aromatic rings. The van der Waals surface area contributed by atoms with Crippen LogP contribution in [0.3, 0.4) is 0 Å². The molecule has 2 rings (SSSR count). The molecule has 0 aliphatic carbocycles. The van der Waals surface area contributed by atoms with Crippen molar-refractivity contribution < 1.29 is 29.0 Å². The van der Waals surface area contributed by atoms with Gasteiger partial charge in [0.05, 0.1) is 4.92 Å². The largest absolute Gasteiger partial charge is 0.511 e. The van der Waals surface area contributed by atoms with Gasteiger partial charge >= 0.3 is 6.16 Å². The van der Waals surface area contributed by atoms with Crippen molar-refractivity contribution in [1.29, 1.82) is 0 Å². The molecule has 0 saturated heterocycles. The third-order valence-electron chi connectivity index (χ3n) is 2.34. The van der Waals surface area contributed by atoms with Crippen LogP contribution in [0.1, 0.15) is 5.56 Å². The number of non-ortho nitro benzene ring substituents is 1. The van der Waals surface area contributed by atoms with Crippen LogP contribution in [0.2, 0.25) is 0 Å². The Morgan fingerprint density at radius 1 is 1.53 bits per heavy atom. The van der Waals surface area contributed by atoms with Crippen LogP contribution < -0.4 is 4.74 Å². The molecule has 0 fully saturated rings. The molecule has 1 heterocycles. The Hall–Kier alpha value is -2.77. The monoisotopic (exact) mass is 267 g/mol. The van der Waals surface area contributed by atoms with Crippen LogP contribution >= 0.6 is 0 Å². The fourth-order valence-corrected chi connectivity index (χ4v) is 1.56. The molecule has 0 spiro atoms. The summed E-state index contributed by atoms with van der Waals surface area (Å²) in [7, 11) is 0. The average Bonchev–Trinajstić information content (AvgIpc) is 2.83. The first kappa shape index (κ1) is 12.7. The number of nitro groups is 1. The first-order valence-corrected chi connectivity index (χ1v) is 5.18. The van der Waals surface area contributed by atoms with Gasteiger partial charge in [0, 0.05) is 24.1 Å². The lowest BCUT2D eigenvalue weighted by Gasteiger charge is -2.07. The second kappa shape index (κ2) is 5.25. The molecule has 19 heavy (non-hydrogen) atoms. The summed E-state index contributed by atoms with van der Waals surface area (Å²) in [6.07, 6.45) is 0.0147. The van der Waals surface area contributed by atoms with Crippen molar-refractivity contribution in [3.05, 3.63) is 45.9 Å². The number of carboxylic acid groups (broad SMARTS) is 1. The molecule has 1 aliphatic rings. The zero-order chi connectivity index (χ0) is 13.8. The minimum Gasteiger partial charge on any atom is -0.462 e. The van der Waals surface area contributed by atoms with Gasteiger partial charge in [-0.05, 0) is 6.07 Å². The molecule has 0 aromatic heterocycles. The van der Waals surface area contributed by atoms with Gasteiger partial charge in [0.25, 0.3) is 5.69 Å². The van der Waals surface area contributed by atoms with E-state index in [4.69, 9.17) is 14.6 Å². The Kier molecular flexibility index (Phi) is 3.51. The van der Waals surface area contributed by atoms with Gasteiger partial charge in [-0.2, -0.15) is 0 Å². The zero-order valence-electron chi connectivity index (χ0n) is 9.57. The Morgan fingerprint density at radius 3 is 2.89 bits per heavy atom. The zero-order valence-corrected chi connectivity index (χ0v) is 9.57. The number of ether oxygens (including phenoxy) is 3. The van der Waals surface area contributed by atoms with Crippen LogP contribution in [0.5, 0.6) is 5.75 Å². The number of carbonyl (C=O) groups is 1. The maximum Gasteiger partial charge on any atom is 0.511 e. The smallest absolute Gasteiger partial charge is 0.462 e. The van der Waals surface area contributed by atoms with Crippen molar-refractivity contribution in [2.24, 2.45) is 0 Å². The summed E-state index contributed by atoms with van der Waals surface area (Å²) in [6.45, 7) is 0.0688. The van der Waals surface area contributed by atoms with Crippen molar-refractivity contribution in [3.8, 4) is 5.75 Å². The highest BCUT2D eigenvalue weighted by Gasteiger charge is 2.17. The van der Waals surface area contributed by atoms with Crippen molar-refractivity contribution in [2.45, 2.75) is 6.42 Å². The summed E-state index contributed by atoms with van der Waals surface area (Å²) >= 11 is 0. The van der Waals surface area contributed by atoms with Crippen LogP contribution in [-0.2, 0) is 15.9 Å². The van der Waals surface area contributed by atoms with E-state index >= 15 is 0 Å². The van der Waals surface area contributed by atoms with E-state index in [9.17, 15) is 14.9 Å². The molecular formula is C11H9NO7. The molecule has 0 amide bonds. The molecule has 0 saturated carbocycles. The SMILES string of the molecule is O=C(O)Oc1ccc([N+](=O)[O-])cc1CC1=COCO1. The summed E-state index contributed by atoms with van der Waals surface area (Å²) in [5.74, 6) is 0.463. The van der Waals surface area contributed by atoms with Gasteiger partial charge in [-0.15, -0.1) is 0 Å². The third kappa shape index (κ3) is 3.12. The predicted octanol–water partition coefficient (Wildman–Crippen LogP) is 2.04. The second-order valence-electron chi connectivity index (χ2n) is 3.61. The van der Waals surface area contributed by atoms with Gasteiger partial charge in [0.1, 0.15) is 17.8 Å². The maximum atomic E-state index is 10.7. The van der Waals surface area contributed by atoms with Gasteiger partial charge < -0.3 is 19.3 Å². The molecule has 0 radical (unpaired) electrons. The first-order valence-electron chi connectivity index (χ1n) is 5.18. The number of allylic oxidation sites excluding steroid dienone is 1. The standard InChI is InChI=1S/C11H9NO7/c13-11(14)19-10-2-1-8(12(15)16)3-7(10)4-9-5-17-6-18-9/h1-3,5H,4,6H2,(H,13,14). The Morgan fingerprint density at radius 2 is 2.32 bits per heavy atom. The van der Waals surface area contributed by atoms with E-state index in [-0.39, 0.29) is 24.7 Å². The molecule has 0 atom stereocenters. The van der Waals surface area contributed by atoms with E-state index in [1.807, 2.05) is 0 Å². The van der Waals surface area contributed by atoms with Gasteiger partial charge in [0.2, 0.25) is 6.79 Å². The molecule has 1 aliphatic heterocycles. The van der Waals surface area contributed by atoms with Crippen molar-refractivity contribution in [3.63, 3.8) is 0 Å². The summed E-state index contributed by atoms with van der Waals surface area (Å²) in [5.41, 5.74) is 0.167.